The van der Waals surface area contributed by atoms with E-state index in [2.05, 4.69) is 28.3 Å². The van der Waals surface area contributed by atoms with Gasteiger partial charge in [-0.1, -0.05) is 29.4 Å². The number of piperidine rings is 1. The van der Waals surface area contributed by atoms with Crippen LogP contribution in [0.5, 0.6) is 0 Å². The molecule has 0 N–H and O–H groups in total. The van der Waals surface area contributed by atoms with Crippen molar-refractivity contribution >= 4 is 16.9 Å². The number of likely N-dealkylation sites (tertiary alicyclic amines) is 1. The van der Waals surface area contributed by atoms with E-state index in [-0.39, 0.29) is 29.5 Å². The Hall–Kier alpha value is -3.58. The topological polar surface area (TPSA) is 49.6 Å². The zero-order valence-corrected chi connectivity index (χ0v) is 20.6. The van der Waals surface area contributed by atoms with E-state index in [1.54, 1.807) is 18.2 Å². The van der Waals surface area contributed by atoms with Gasteiger partial charge in [-0.15, -0.1) is 0 Å². The number of fused-ring (bicyclic) bond motifs is 2. The molecular formula is C30H29F2N3O2. The molecular weight excluding hydrogens is 472 g/mol. The number of halogens is 2. The van der Waals surface area contributed by atoms with Gasteiger partial charge in [-0.05, 0) is 86.3 Å². The van der Waals surface area contributed by atoms with Gasteiger partial charge in [-0.2, -0.15) is 0 Å². The summed E-state index contributed by atoms with van der Waals surface area (Å²) in [6, 6.07) is 18.8. The summed E-state index contributed by atoms with van der Waals surface area (Å²) in [6.45, 7) is 3.39. The molecule has 37 heavy (non-hydrogen) atoms. The highest BCUT2D eigenvalue weighted by molar-refractivity contribution is 5.94. The fourth-order valence-electron chi connectivity index (χ4n) is 5.92. The first kappa shape index (κ1) is 23.8. The molecule has 0 radical (unpaired) electrons. The van der Waals surface area contributed by atoms with Crippen LogP contribution < -0.4 is 0 Å². The van der Waals surface area contributed by atoms with Crippen molar-refractivity contribution in [1.82, 2.24) is 15.0 Å². The van der Waals surface area contributed by atoms with Gasteiger partial charge in [0.05, 0.1) is 11.7 Å². The van der Waals surface area contributed by atoms with Crippen molar-refractivity contribution in [3.05, 3.63) is 101 Å². The molecule has 3 aromatic carbocycles. The lowest BCUT2D eigenvalue weighted by atomic mass is 9.89. The lowest BCUT2D eigenvalue weighted by Gasteiger charge is -2.39. The Kier molecular flexibility index (Phi) is 6.47. The van der Waals surface area contributed by atoms with Gasteiger partial charge >= 0.3 is 0 Å². The van der Waals surface area contributed by atoms with Gasteiger partial charge in [0.15, 0.2) is 5.58 Å². The number of carbonyl (C=O) groups excluding carboxylic acids is 1. The molecule has 7 heteroatoms. The molecule has 1 atom stereocenters. The van der Waals surface area contributed by atoms with Crippen molar-refractivity contribution in [1.29, 1.82) is 0 Å². The van der Waals surface area contributed by atoms with Crippen LogP contribution in [0.4, 0.5) is 8.78 Å². The van der Waals surface area contributed by atoms with E-state index in [0.29, 0.717) is 17.7 Å². The maximum Gasteiger partial charge on any atom is 0.254 e. The summed E-state index contributed by atoms with van der Waals surface area (Å²) in [6.07, 6.45) is 3.57. The largest absolute Gasteiger partial charge is 0.356 e. The molecule has 1 fully saturated rings. The lowest BCUT2D eigenvalue weighted by molar-refractivity contribution is 0.0630. The third-order valence-electron chi connectivity index (χ3n) is 7.92. The van der Waals surface area contributed by atoms with Crippen molar-refractivity contribution in [2.45, 2.75) is 37.6 Å². The van der Waals surface area contributed by atoms with Gasteiger partial charge in [0.25, 0.3) is 5.91 Å². The fraction of sp³-hybridized carbons (Fsp3) is 0.333. The summed E-state index contributed by atoms with van der Waals surface area (Å²) in [5.74, 6) is -0.421. The summed E-state index contributed by atoms with van der Waals surface area (Å²) in [5.41, 5.74) is 4.45. The van der Waals surface area contributed by atoms with Crippen molar-refractivity contribution in [2.24, 2.45) is 0 Å². The van der Waals surface area contributed by atoms with Crippen molar-refractivity contribution in [2.75, 3.05) is 26.2 Å². The van der Waals surface area contributed by atoms with Gasteiger partial charge in [-0.25, -0.2) is 8.78 Å². The number of nitrogens with zero attached hydrogens (tertiary/aromatic N) is 3. The zero-order valence-electron chi connectivity index (χ0n) is 20.6. The number of carbonyl (C=O) groups is 1. The van der Waals surface area contributed by atoms with Crippen LogP contribution in [0, 0.1) is 11.6 Å². The van der Waals surface area contributed by atoms with Crippen LogP contribution in [0.2, 0.25) is 0 Å². The van der Waals surface area contributed by atoms with Crippen molar-refractivity contribution < 1.29 is 18.1 Å². The second kappa shape index (κ2) is 10.1. The number of aromatic nitrogens is 1. The molecule has 1 unspecified atom stereocenters. The van der Waals surface area contributed by atoms with Gasteiger partial charge in [-0.3, -0.25) is 4.79 Å². The molecule has 3 heterocycles. The summed E-state index contributed by atoms with van der Waals surface area (Å²) in [4.78, 5) is 17.9. The van der Waals surface area contributed by atoms with Crippen LogP contribution in [0.3, 0.4) is 0 Å². The number of benzene rings is 3. The molecule has 6 rings (SSSR count). The molecule has 0 spiro atoms. The molecule has 4 aromatic rings. The molecule has 5 nitrogen and oxygen atoms in total. The molecule has 1 amide bonds. The van der Waals surface area contributed by atoms with Crippen LogP contribution in [-0.4, -0.2) is 47.0 Å². The molecule has 2 aliphatic heterocycles. The molecule has 0 aliphatic carbocycles. The maximum absolute atomic E-state index is 13.5. The molecule has 0 saturated carbocycles. The fourth-order valence-corrected chi connectivity index (χ4v) is 5.92. The average molecular weight is 502 g/mol. The normalized spacial score (nSPS) is 18.8. The third kappa shape index (κ3) is 4.76. The lowest BCUT2D eigenvalue weighted by Crippen LogP contribution is -2.42. The highest BCUT2D eigenvalue weighted by Gasteiger charge is 2.32. The smallest absolute Gasteiger partial charge is 0.254 e. The SMILES string of the molecule is O=C(c1ccc(F)cc1)N1CCc2ccccc2C1CCN1CCC(c2noc3cc(F)ccc23)CC1. The van der Waals surface area contributed by atoms with Gasteiger partial charge in [0.1, 0.15) is 11.6 Å². The van der Waals surface area contributed by atoms with Crippen LogP contribution in [-0.2, 0) is 6.42 Å². The predicted octanol–water partition coefficient (Wildman–Crippen LogP) is 6.12. The first-order chi connectivity index (χ1) is 18.1. The Labute approximate surface area is 214 Å². The van der Waals surface area contributed by atoms with Crippen LogP contribution in [0.15, 0.2) is 71.3 Å². The van der Waals surface area contributed by atoms with E-state index in [4.69, 9.17) is 4.52 Å². The Morgan fingerprint density at radius 2 is 1.70 bits per heavy atom. The molecule has 1 saturated heterocycles. The van der Waals surface area contributed by atoms with Gasteiger partial charge < -0.3 is 14.3 Å². The molecule has 1 aromatic heterocycles. The maximum atomic E-state index is 13.5. The first-order valence-electron chi connectivity index (χ1n) is 13.0. The van der Waals surface area contributed by atoms with E-state index < -0.39 is 0 Å². The summed E-state index contributed by atoms with van der Waals surface area (Å²) >= 11 is 0. The van der Waals surface area contributed by atoms with Gasteiger partial charge in [0.2, 0.25) is 0 Å². The Morgan fingerprint density at radius 1 is 0.946 bits per heavy atom. The van der Waals surface area contributed by atoms with Crippen molar-refractivity contribution in [3.63, 3.8) is 0 Å². The third-order valence-corrected chi connectivity index (χ3v) is 7.92. The van der Waals surface area contributed by atoms with Crippen LogP contribution in [0.25, 0.3) is 11.0 Å². The average Bonchev–Trinajstić information content (AvgIpc) is 3.35. The summed E-state index contributed by atoms with van der Waals surface area (Å²) in [5, 5.41) is 5.16. The zero-order chi connectivity index (χ0) is 25.4. The molecule has 190 valence electrons. The second-order valence-corrected chi connectivity index (χ2v) is 10.1. The standard InChI is InChI=1S/C30H29F2N3O2/c31-23-7-5-22(6-8-23)30(36)35-18-13-20-3-1-2-4-25(20)27(35)14-17-34-15-11-21(12-16-34)29-26-10-9-24(32)19-28(26)37-33-29/h1-10,19,21,27H,11-18H2. The Morgan fingerprint density at radius 3 is 2.51 bits per heavy atom. The Bertz CT molecular complexity index is 1410. The number of amides is 1. The van der Waals surface area contributed by atoms with E-state index in [0.717, 1.165) is 56.4 Å². The summed E-state index contributed by atoms with van der Waals surface area (Å²) in [7, 11) is 0. The second-order valence-electron chi connectivity index (χ2n) is 10.1. The highest BCUT2D eigenvalue weighted by atomic mass is 19.1. The number of hydrogen-bond acceptors (Lipinski definition) is 4. The minimum absolute atomic E-state index is 0.0189. The number of hydrogen-bond donors (Lipinski definition) is 0. The molecule has 0 bridgehead atoms. The van der Waals surface area contributed by atoms with Crippen LogP contribution >= 0.6 is 0 Å². The van der Waals surface area contributed by atoms with Gasteiger partial charge in [0, 0.05) is 36.0 Å². The predicted molar refractivity (Wildman–Crippen MR) is 137 cm³/mol. The van der Waals surface area contributed by atoms with E-state index in [1.807, 2.05) is 11.0 Å². The Balaban J connectivity index is 1.14. The first-order valence-corrected chi connectivity index (χ1v) is 13.0. The molecule has 2 aliphatic rings. The highest BCUT2D eigenvalue weighted by Crippen LogP contribution is 2.36. The monoisotopic (exact) mass is 501 g/mol. The minimum atomic E-state index is -0.341. The number of rotatable bonds is 5. The van der Waals surface area contributed by atoms with Crippen LogP contribution in [0.1, 0.15) is 58.4 Å². The van der Waals surface area contributed by atoms with Crippen molar-refractivity contribution in [3.8, 4) is 0 Å². The van der Waals surface area contributed by atoms with E-state index in [9.17, 15) is 13.6 Å². The quantitative estimate of drug-likeness (QED) is 0.331. The minimum Gasteiger partial charge on any atom is -0.356 e. The van der Waals surface area contributed by atoms with E-state index in [1.165, 1.54) is 35.4 Å². The summed E-state index contributed by atoms with van der Waals surface area (Å²) < 4.78 is 32.4. The van der Waals surface area contributed by atoms with E-state index >= 15 is 0 Å².